The number of rotatable bonds is 9. The molecule has 0 atom stereocenters. The molecule has 0 bridgehead atoms. The van der Waals surface area contributed by atoms with E-state index in [4.69, 9.17) is 24.2 Å². The van der Waals surface area contributed by atoms with E-state index >= 15 is 0 Å². The van der Waals surface area contributed by atoms with E-state index in [1.165, 1.54) is 67.7 Å². The number of nitrogens with zero attached hydrogens (tertiary/aromatic N) is 9. The summed E-state index contributed by atoms with van der Waals surface area (Å²) in [5.74, 6) is -0.352. The molecule has 20 heteroatoms. The number of benzene rings is 3. The third-order valence-corrected chi connectivity index (χ3v) is 12.7. The van der Waals surface area contributed by atoms with Crippen LogP contribution in [-0.2, 0) is 9.84 Å². The second kappa shape index (κ2) is 12.8. The maximum atomic E-state index is 13.4. The number of hydrogen-bond donors (Lipinski definition) is 2. The molecular formula is C35H27N9O7S4. The van der Waals surface area contributed by atoms with E-state index in [-0.39, 0.29) is 16.4 Å². The van der Waals surface area contributed by atoms with E-state index in [0.29, 0.717) is 92.1 Å². The number of hydrogen-bond acceptors (Lipinski definition) is 16. The highest BCUT2D eigenvalue weighted by atomic mass is 32.2. The van der Waals surface area contributed by atoms with Crippen molar-refractivity contribution in [3.63, 3.8) is 0 Å². The smallest absolute Gasteiger partial charge is 0.294 e. The maximum Gasteiger partial charge on any atom is 0.294 e. The van der Waals surface area contributed by atoms with Crippen LogP contribution >= 0.6 is 34.0 Å². The zero-order valence-electron chi connectivity index (χ0n) is 29.4. The van der Waals surface area contributed by atoms with Gasteiger partial charge < -0.3 is 24.4 Å². The first-order valence-electron chi connectivity index (χ1n) is 16.2. The monoisotopic (exact) mass is 813 g/mol. The van der Waals surface area contributed by atoms with Crippen LogP contribution in [0.2, 0.25) is 0 Å². The van der Waals surface area contributed by atoms with Crippen molar-refractivity contribution < 1.29 is 32.8 Å². The van der Waals surface area contributed by atoms with Crippen LogP contribution in [0.4, 0.5) is 0 Å². The third kappa shape index (κ3) is 5.89. The zero-order valence-corrected chi connectivity index (χ0v) is 32.6. The Kier molecular flexibility index (Phi) is 8.04. The number of imidazole rings is 3. The second-order valence-corrected chi connectivity index (χ2v) is 17.1. The SMILES string of the molecule is COc1nn2cc(-c3ccc(S(C)(=O)=O)c(-c4cc(C)c(-c5cc(-c6cn7nc(OC)sc7n6)c(O)cc5O)cc4-c4cn5nc(OC)sc5n4)c3)nc2s1. The minimum Gasteiger partial charge on any atom is -0.507 e. The fourth-order valence-electron chi connectivity index (χ4n) is 6.35. The molecule has 0 spiro atoms. The third-order valence-electron chi connectivity index (χ3n) is 8.88. The van der Waals surface area contributed by atoms with Crippen LogP contribution in [0.15, 0.2) is 66.0 Å². The lowest BCUT2D eigenvalue weighted by Gasteiger charge is -2.18. The number of sulfone groups is 1. The van der Waals surface area contributed by atoms with Gasteiger partial charge in [0.15, 0.2) is 9.84 Å². The molecule has 0 unspecified atom stereocenters. The van der Waals surface area contributed by atoms with E-state index in [1.807, 2.05) is 19.1 Å². The lowest BCUT2D eigenvalue weighted by atomic mass is 9.88. The van der Waals surface area contributed by atoms with Crippen LogP contribution in [0.25, 0.3) is 70.9 Å². The highest BCUT2D eigenvalue weighted by Gasteiger charge is 2.25. The summed E-state index contributed by atoms with van der Waals surface area (Å²) in [6.45, 7) is 1.86. The fraction of sp³-hybridized carbons (Fsp3) is 0.143. The average molecular weight is 814 g/mol. The summed E-state index contributed by atoms with van der Waals surface area (Å²) in [7, 11) is 0.834. The van der Waals surface area contributed by atoms with Gasteiger partial charge in [0.2, 0.25) is 14.9 Å². The summed E-state index contributed by atoms with van der Waals surface area (Å²) in [4.78, 5) is 16.1. The number of aromatic nitrogens is 9. The minimum absolute atomic E-state index is 0.103. The Morgan fingerprint density at radius 3 is 1.60 bits per heavy atom. The Labute approximate surface area is 323 Å². The summed E-state index contributed by atoms with van der Waals surface area (Å²) in [5.41, 5.74) is 5.80. The number of ether oxygens (including phenoxy) is 3. The topological polar surface area (TPSA) is 193 Å². The molecule has 6 heterocycles. The van der Waals surface area contributed by atoms with Crippen molar-refractivity contribution in [1.29, 1.82) is 0 Å². The molecule has 55 heavy (non-hydrogen) atoms. The molecule has 6 aromatic heterocycles. The average Bonchev–Trinajstić information content (AvgIpc) is 3.99. The molecule has 0 saturated heterocycles. The number of methoxy groups -OCH3 is 3. The maximum absolute atomic E-state index is 13.4. The molecule has 0 aliphatic carbocycles. The molecule has 3 aromatic carbocycles. The minimum atomic E-state index is -3.75. The van der Waals surface area contributed by atoms with Gasteiger partial charge in [-0.25, -0.2) is 36.9 Å². The Morgan fingerprint density at radius 2 is 1.07 bits per heavy atom. The molecule has 0 aliphatic rings. The first-order chi connectivity index (χ1) is 26.4. The summed E-state index contributed by atoms with van der Waals surface area (Å²) < 4.78 is 47.4. The molecule has 2 N–H and O–H groups in total. The van der Waals surface area contributed by atoms with Gasteiger partial charge in [-0.2, -0.15) is 0 Å². The van der Waals surface area contributed by atoms with Crippen molar-refractivity contribution in [2.75, 3.05) is 27.6 Å². The van der Waals surface area contributed by atoms with E-state index in [2.05, 4.69) is 20.3 Å². The van der Waals surface area contributed by atoms with E-state index in [1.54, 1.807) is 56.4 Å². The lowest BCUT2D eigenvalue weighted by molar-refractivity contribution is 0.405. The Bertz CT molecular complexity index is 3010. The Balaban J connectivity index is 1.26. The highest BCUT2D eigenvalue weighted by Crippen LogP contribution is 2.46. The van der Waals surface area contributed by atoms with Gasteiger partial charge in [0.05, 0.1) is 61.9 Å². The number of fused-ring (bicyclic) bond motifs is 3. The van der Waals surface area contributed by atoms with E-state index in [9.17, 15) is 18.6 Å². The van der Waals surface area contributed by atoms with Crippen LogP contribution in [0, 0.1) is 6.92 Å². The summed E-state index contributed by atoms with van der Waals surface area (Å²) in [5, 5.41) is 36.8. The van der Waals surface area contributed by atoms with E-state index in [0.717, 1.165) is 0 Å². The predicted octanol–water partition coefficient (Wildman–Crippen LogP) is 6.48. The summed E-state index contributed by atoms with van der Waals surface area (Å²) in [6, 6.07) is 11.7. The lowest BCUT2D eigenvalue weighted by Crippen LogP contribution is -2.02. The zero-order chi connectivity index (χ0) is 38.3. The van der Waals surface area contributed by atoms with Crippen LogP contribution < -0.4 is 14.2 Å². The van der Waals surface area contributed by atoms with Crippen LogP contribution in [-0.4, -0.2) is 90.0 Å². The van der Waals surface area contributed by atoms with Gasteiger partial charge in [-0.3, -0.25) is 0 Å². The first kappa shape index (κ1) is 34.7. The first-order valence-corrected chi connectivity index (χ1v) is 20.5. The van der Waals surface area contributed by atoms with Crippen molar-refractivity contribution in [2.24, 2.45) is 0 Å². The molecule has 16 nitrogen and oxygen atoms in total. The van der Waals surface area contributed by atoms with Crippen molar-refractivity contribution in [3.05, 3.63) is 66.6 Å². The van der Waals surface area contributed by atoms with Gasteiger partial charge in [0.25, 0.3) is 15.6 Å². The van der Waals surface area contributed by atoms with Gasteiger partial charge in [0, 0.05) is 40.1 Å². The van der Waals surface area contributed by atoms with Gasteiger partial charge >= 0.3 is 0 Å². The second-order valence-electron chi connectivity index (χ2n) is 12.4. The number of phenols is 2. The van der Waals surface area contributed by atoms with Gasteiger partial charge in [0.1, 0.15) is 11.5 Å². The molecule has 0 amide bonds. The molecule has 9 rings (SSSR count). The molecular weight excluding hydrogens is 787 g/mol. The van der Waals surface area contributed by atoms with Crippen molar-refractivity contribution in [2.45, 2.75) is 11.8 Å². The summed E-state index contributed by atoms with van der Waals surface area (Å²) >= 11 is 3.77. The van der Waals surface area contributed by atoms with Gasteiger partial charge in [-0.1, -0.05) is 12.1 Å². The predicted molar refractivity (Wildman–Crippen MR) is 208 cm³/mol. The number of aryl methyl sites for hydroxylation is 1. The van der Waals surface area contributed by atoms with Gasteiger partial charge in [-0.15, -0.1) is 15.3 Å². The normalized spacial score (nSPS) is 12.0. The summed E-state index contributed by atoms with van der Waals surface area (Å²) in [6.07, 6.45) is 6.33. The van der Waals surface area contributed by atoms with Gasteiger partial charge in [-0.05, 0) is 81.9 Å². The fourth-order valence-corrected chi connectivity index (χ4v) is 9.33. The van der Waals surface area contributed by atoms with Crippen LogP contribution in [0.5, 0.6) is 27.1 Å². The quantitative estimate of drug-likeness (QED) is 0.161. The Morgan fingerprint density at radius 1 is 0.582 bits per heavy atom. The Hall–Kier alpha value is -6.09. The largest absolute Gasteiger partial charge is 0.507 e. The molecule has 9 aromatic rings. The van der Waals surface area contributed by atoms with Crippen molar-refractivity contribution in [1.82, 2.24) is 43.8 Å². The van der Waals surface area contributed by atoms with E-state index < -0.39 is 9.84 Å². The number of aromatic hydroxyl groups is 2. The molecule has 278 valence electrons. The molecule has 0 fully saturated rings. The molecule has 0 saturated carbocycles. The highest BCUT2D eigenvalue weighted by molar-refractivity contribution is 7.90. The van der Waals surface area contributed by atoms with Crippen molar-refractivity contribution >= 4 is 58.7 Å². The number of phenolic OH excluding ortho intramolecular Hbond substituents is 2. The standard InChI is InChI=1S/C35H27N9O7S4/c1-16-8-19(22-9-17(6-7-29(22)55(5,47)48)24-13-42-30(36-24)52-33(39-42)49-2)20(25-14-43-31(37-25)53-34(40-43)50-3)10-18(16)21-11-23(28(46)12-27(21)45)26-15-44-32(38-26)54-35(41-44)51-4/h6-15,45-46H,1-5H3. The molecule has 0 aliphatic heterocycles. The molecule has 0 radical (unpaired) electrons. The van der Waals surface area contributed by atoms with Crippen LogP contribution in [0.3, 0.4) is 0 Å². The van der Waals surface area contributed by atoms with Crippen LogP contribution in [0.1, 0.15) is 5.56 Å². The van der Waals surface area contributed by atoms with Crippen molar-refractivity contribution in [3.8, 4) is 83.1 Å².